The van der Waals surface area contributed by atoms with E-state index in [0.29, 0.717) is 44.2 Å². The lowest BCUT2D eigenvalue weighted by atomic mass is 10.1. The van der Waals surface area contributed by atoms with Crippen molar-refractivity contribution in [2.24, 2.45) is 0 Å². The molecule has 6 rings (SSSR count). The van der Waals surface area contributed by atoms with Crippen LogP contribution in [-0.4, -0.2) is 35.5 Å². The number of sulfone groups is 1. The van der Waals surface area contributed by atoms with E-state index in [1.54, 1.807) is 78.7 Å². The summed E-state index contributed by atoms with van der Waals surface area (Å²) in [5.74, 6) is 0.746. The van der Waals surface area contributed by atoms with Gasteiger partial charge in [0.1, 0.15) is 22.9 Å². The number of rotatable bonds is 8. The summed E-state index contributed by atoms with van der Waals surface area (Å²) < 4.78 is 39.8. The van der Waals surface area contributed by atoms with Gasteiger partial charge in [0, 0.05) is 26.7 Å². The zero-order valence-electron chi connectivity index (χ0n) is 22.1. The fraction of sp³-hybridized carbons (Fsp3) is 0.0645. The average Bonchev–Trinajstić information content (AvgIpc) is 3.66. The Morgan fingerprint density at radius 2 is 1.48 bits per heavy atom. The molecule has 0 bridgehead atoms. The normalized spacial score (nSPS) is 11.5. The van der Waals surface area contributed by atoms with Gasteiger partial charge < -0.3 is 9.15 Å². The molecule has 0 spiro atoms. The molecule has 8 nitrogen and oxygen atoms in total. The molecule has 0 saturated carbocycles. The summed E-state index contributed by atoms with van der Waals surface area (Å²) in [4.78, 5) is 4.70. The Kier molecular flexibility index (Phi) is 7.55. The zero-order chi connectivity index (χ0) is 29.3. The molecule has 6 aromatic rings. The van der Waals surface area contributed by atoms with Crippen LogP contribution in [-0.2, 0) is 15.6 Å². The molecular formula is C31H22Cl2N4O4S. The molecule has 11 heteroatoms. The first kappa shape index (κ1) is 27.7. The Labute approximate surface area is 252 Å². The number of nitrogens with zero attached hydrogens (tertiary/aromatic N) is 4. The predicted molar refractivity (Wildman–Crippen MR) is 162 cm³/mol. The maximum atomic E-state index is 13.4. The third kappa shape index (κ3) is 5.67. The molecule has 42 heavy (non-hydrogen) atoms. The Balaban J connectivity index is 1.27. The molecule has 0 aliphatic heterocycles. The van der Waals surface area contributed by atoms with Gasteiger partial charge in [-0.15, -0.1) is 5.10 Å². The molecule has 0 N–H and O–H groups in total. The van der Waals surface area contributed by atoms with Crippen LogP contribution in [0.25, 0.3) is 39.5 Å². The van der Waals surface area contributed by atoms with Gasteiger partial charge in [-0.05, 0) is 72.8 Å². The summed E-state index contributed by atoms with van der Waals surface area (Å²) in [6.45, 7) is 0. The molecule has 2 heterocycles. The van der Waals surface area contributed by atoms with Gasteiger partial charge in [0.2, 0.25) is 5.89 Å². The fourth-order valence-electron chi connectivity index (χ4n) is 4.45. The molecule has 0 saturated heterocycles. The number of ether oxygens (including phenoxy) is 1. The summed E-state index contributed by atoms with van der Waals surface area (Å²) in [6.07, 6.45) is 1.75. The number of aromatic nitrogens is 4. The highest BCUT2D eigenvalue weighted by Crippen LogP contribution is 2.35. The third-order valence-corrected chi connectivity index (χ3v) is 8.67. The van der Waals surface area contributed by atoms with E-state index in [9.17, 15) is 8.42 Å². The molecular weight excluding hydrogens is 595 g/mol. The van der Waals surface area contributed by atoms with Crippen LogP contribution < -0.4 is 4.74 Å². The van der Waals surface area contributed by atoms with Crippen LogP contribution in [0, 0.1) is 0 Å². The van der Waals surface area contributed by atoms with Crippen molar-refractivity contribution in [1.29, 1.82) is 0 Å². The molecule has 0 unspecified atom stereocenters. The number of hydrogen-bond donors (Lipinski definition) is 0. The van der Waals surface area contributed by atoms with Crippen LogP contribution in [0.5, 0.6) is 5.75 Å². The Hall–Kier alpha value is -4.44. The Bertz CT molecular complexity index is 1910. The average molecular weight is 618 g/mol. The monoisotopic (exact) mass is 616 g/mol. The van der Waals surface area contributed by atoms with Gasteiger partial charge in [-0.1, -0.05) is 52.7 Å². The van der Waals surface area contributed by atoms with E-state index >= 15 is 0 Å². The van der Waals surface area contributed by atoms with E-state index in [-0.39, 0.29) is 10.8 Å². The largest absolute Gasteiger partial charge is 0.496 e. The predicted octanol–water partition coefficient (Wildman–Crippen LogP) is 7.55. The molecule has 0 fully saturated rings. The van der Waals surface area contributed by atoms with E-state index in [4.69, 9.17) is 32.4 Å². The van der Waals surface area contributed by atoms with Crippen molar-refractivity contribution in [2.45, 2.75) is 10.6 Å². The molecule has 2 aromatic heterocycles. The van der Waals surface area contributed by atoms with E-state index in [1.165, 1.54) is 12.1 Å². The lowest BCUT2D eigenvalue weighted by molar-refractivity contribution is 0.416. The lowest BCUT2D eigenvalue weighted by Crippen LogP contribution is -2.06. The zero-order valence-corrected chi connectivity index (χ0v) is 24.4. The smallest absolute Gasteiger partial charge is 0.211 e. The second-order valence-electron chi connectivity index (χ2n) is 9.30. The molecule has 0 amide bonds. The van der Waals surface area contributed by atoms with Crippen molar-refractivity contribution in [3.8, 4) is 45.3 Å². The number of methoxy groups -OCH3 is 1. The van der Waals surface area contributed by atoms with Crippen molar-refractivity contribution in [3.05, 3.63) is 119 Å². The van der Waals surface area contributed by atoms with Crippen molar-refractivity contribution >= 4 is 33.0 Å². The van der Waals surface area contributed by atoms with Gasteiger partial charge in [-0.25, -0.2) is 18.1 Å². The second kappa shape index (κ2) is 11.4. The van der Waals surface area contributed by atoms with E-state index < -0.39 is 15.6 Å². The summed E-state index contributed by atoms with van der Waals surface area (Å²) in [6, 6.07) is 28.0. The number of hydrogen-bond acceptors (Lipinski definition) is 7. The van der Waals surface area contributed by atoms with E-state index in [2.05, 4.69) is 15.3 Å². The highest BCUT2D eigenvalue weighted by Gasteiger charge is 2.23. The maximum absolute atomic E-state index is 13.4. The van der Waals surface area contributed by atoms with E-state index in [1.807, 2.05) is 24.3 Å². The van der Waals surface area contributed by atoms with Gasteiger partial charge in [0.05, 0.1) is 23.9 Å². The van der Waals surface area contributed by atoms with Gasteiger partial charge in [-0.3, -0.25) is 0 Å². The number of oxazole rings is 1. The number of halogens is 2. The number of benzene rings is 4. The third-order valence-electron chi connectivity index (χ3n) is 6.55. The van der Waals surface area contributed by atoms with Crippen molar-refractivity contribution < 1.29 is 17.6 Å². The summed E-state index contributed by atoms with van der Waals surface area (Å²) in [7, 11) is -2.21. The van der Waals surface area contributed by atoms with Crippen molar-refractivity contribution in [1.82, 2.24) is 20.0 Å². The first-order chi connectivity index (χ1) is 20.3. The molecule has 0 aliphatic carbocycles. The molecule has 0 atom stereocenters. The van der Waals surface area contributed by atoms with Gasteiger partial charge in [-0.2, -0.15) is 0 Å². The summed E-state index contributed by atoms with van der Waals surface area (Å²) in [5.41, 5.74) is 4.03. The van der Waals surface area contributed by atoms with Gasteiger partial charge in [0.25, 0.3) is 0 Å². The number of para-hydroxylation sites is 1. The lowest BCUT2D eigenvalue weighted by Gasteiger charge is -2.05. The second-order valence-corrected chi connectivity index (χ2v) is 12.2. The highest BCUT2D eigenvalue weighted by molar-refractivity contribution is 7.90. The van der Waals surface area contributed by atoms with Crippen LogP contribution in [0.3, 0.4) is 0 Å². The Morgan fingerprint density at radius 3 is 2.14 bits per heavy atom. The van der Waals surface area contributed by atoms with Gasteiger partial charge >= 0.3 is 0 Å². The van der Waals surface area contributed by atoms with Crippen LogP contribution >= 0.6 is 23.2 Å². The highest BCUT2D eigenvalue weighted by atomic mass is 35.5. The topological polar surface area (TPSA) is 100 Å². The minimum Gasteiger partial charge on any atom is -0.496 e. The van der Waals surface area contributed by atoms with Crippen LogP contribution in [0.2, 0.25) is 10.0 Å². The molecule has 0 radical (unpaired) electrons. The summed E-state index contributed by atoms with van der Waals surface area (Å²) in [5, 5.41) is 9.59. The first-order valence-electron chi connectivity index (χ1n) is 12.7. The van der Waals surface area contributed by atoms with Crippen LogP contribution in [0.15, 0.2) is 113 Å². The minimum atomic E-state index is -3.80. The van der Waals surface area contributed by atoms with Crippen LogP contribution in [0.4, 0.5) is 0 Å². The SMILES string of the molecule is COc1ccccc1-c1cn(-c2ccc(S(=O)(=O)Cc3nc(-c4ccc(Cl)cc4)c(-c4ccc(Cl)cc4)o3)cc2)nn1. The standard InChI is InChI=1S/C31H22Cl2N4O4S/c1-40-28-5-3-2-4-26(28)27-18-37(36-35-27)24-14-16-25(17-15-24)42(38,39)19-29-34-30(20-6-10-22(32)11-7-20)31(41-29)21-8-12-23(33)13-9-21/h2-18H,19H2,1H3. The fourth-order valence-corrected chi connectivity index (χ4v) is 5.87. The maximum Gasteiger partial charge on any atom is 0.211 e. The minimum absolute atomic E-state index is 0.0618. The van der Waals surface area contributed by atoms with E-state index in [0.717, 1.165) is 11.1 Å². The van der Waals surface area contributed by atoms with Crippen LogP contribution in [0.1, 0.15) is 5.89 Å². The quantitative estimate of drug-likeness (QED) is 0.174. The molecule has 4 aromatic carbocycles. The molecule has 0 aliphatic rings. The van der Waals surface area contributed by atoms with Gasteiger partial charge in [0.15, 0.2) is 15.6 Å². The molecule has 210 valence electrons. The van der Waals surface area contributed by atoms with Crippen molar-refractivity contribution in [3.63, 3.8) is 0 Å². The summed E-state index contributed by atoms with van der Waals surface area (Å²) >= 11 is 12.1. The van der Waals surface area contributed by atoms with Crippen molar-refractivity contribution in [2.75, 3.05) is 7.11 Å². The Morgan fingerprint density at radius 1 is 0.833 bits per heavy atom. The first-order valence-corrected chi connectivity index (χ1v) is 15.1.